The highest BCUT2D eigenvalue weighted by Gasteiger charge is 2.23. The van der Waals surface area contributed by atoms with Crippen molar-refractivity contribution < 1.29 is 14.1 Å². The summed E-state index contributed by atoms with van der Waals surface area (Å²) in [4.78, 5) is 26.3. The predicted octanol–water partition coefficient (Wildman–Crippen LogP) is 4.49. The summed E-state index contributed by atoms with van der Waals surface area (Å²) in [5.41, 5.74) is 2.45. The van der Waals surface area contributed by atoms with Crippen LogP contribution < -0.4 is 10.6 Å². The zero-order chi connectivity index (χ0) is 26.5. The van der Waals surface area contributed by atoms with Gasteiger partial charge in [0, 0.05) is 23.1 Å². The quantitative estimate of drug-likeness (QED) is 0.274. The van der Waals surface area contributed by atoms with Crippen molar-refractivity contribution in [3.05, 3.63) is 100 Å². The van der Waals surface area contributed by atoms with Crippen molar-refractivity contribution in [1.82, 2.24) is 30.7 Å². The lowest BCUT2D eigenvalue weighted by Gasteiger charge is -2.17. The molecule has 5 rings (SSSR count). The van der Waals surface area contributed by atoms with Crippen molar-refractivity contribution in [2.75, 3.05) is 5.32 Å². The van der Waals surface area contributed by atoms with E-state index in [9.17, 15) is 9.59 Å². The number of fused-ring (bicyclic) bond motifs is 1. The molecule has 0 fully saturated rings. The molecule has 10 nitrogen and oxygen atoms in total. The molecule has 190 valence electrons. The molecule has 0 saturated carbocycles. The minimum Gasteiger partial charge on any atom is -0.352 e. The van der Waals surface area contributed by atoms with Gasteiger partial charge in [-0.1, -0.05) is 64.8 Å². The van der Waals surface area contributed by atoms with E-state index < -0.39 is 17.9 Å². The maximum absolute atomic E-state index is 13.3. The average molecular weight is 548 g/mol. The second-order valence-corrected chi connectivity index (χ2v) is 9.02. The number of halogens is 2. The number of para-hydroxylation sites is 1. The Bertz CT molecular complexity index is 1620. The third-order valence-corrected chi connectivity index (χ3v) is 6.14. The van der Waals surface area contributed by atoms with Gasteiger partial charge >= 0.3 is 0 Å². The van der Waals surface area contributed by atoms with E-state index in [2.05, 4.69) is 31.3 Å². The molecule has 12 heteroatoms. The lowest BCUT2D eigenvalue weighted by atomic mass is 10.0. The summed E-state index contributed by atoms with van der Waals surface area (Å²) in [5.74, 6) is -0.750. The average Bonchev–Trinajstić information content (AvgIpc) is 3.59. The van der Waals surface area contributed by atoms with Crippen molar-refractivity contribution in [1.29, 1.82) is 0 Å². The van der Waals surface area contributed by atoms with E-state index in [1.165, 1.54) is 17.1 Å². The van der Waals surface area contributed by atoms with Crippen LogP contribution in [0.3, 0.4) is 0 Å². The summed E-state index contributed by atoms with van der Waals surface area (Å²) in [6.07, 6.45) is 4.57. The summed E-state index contributed by atoms with van der Waals surface area (Å²) >= 11 is 12.3. The molecule has 0 unspecified atom stereocenters. The maximum Gasteiger partial charge on any atom is 0.248 e. The Morgan fingerprint density at radius 2 is 1.89 bits per heavy atom. The summed E-state index contributed by atoms with van der Waals surface area (Å²) in [7, 11) is 0. The fourth-order valence-corrected chi connectivity index (χ4v) is 4.20. The van der Waals surface area contributed by atoms with Crippen LogP contribution in [0.2, 0.25) is 10.0 Å². The van der Waals surface area contributed by atoms with Crippen LogP contribution in [-0.4, -0.2) is 43.2 Å². The molecule has 0 radical (unpaired) electrons. The normalized spacial score (nSPS) is 12.1. The first-order valence-electron chi connectivity index (χ1n) is 11.4. The first-order chi connectivity index (χ1) is 18.5. The van der Waals surface area contributed by atoms with Gasteiger partial charge in [-0.15, -0.1) is 5.10 Å². The van der Waals surface area contributed by atoms with Crippen molar-refractivity contribution in [3.8, 4) is 5.69 Å². The highest BCUT2D eigenvalue weighted by Crippen LogP contribution is 2.28. The Morgan fingerprint density at radius 1 is 1.05 bits per heavy atom. The number of benzene rings is 3. The predicted molar refractivity (Wildman–Crippen MR) is 143 cm³/mol. The number of nitrogens with one attached hydrogen (secondary N) is 2. The van der Waals surface area contributed by atoms with Crippen molar-refractivity contribution in [2.24, 2.45) is 0 Å². The third kappa shape index (κ3) is 5.72. The Morgan fingerprint density at radius 3 is 2.68 bits per heavy atom. The lowest BCUT2D eigenvalue weighted by Crippen LogP contribution is -2.44. The zero-order valence-corrected chi connectivity index (χ0v) is 21.1. The highest BCUT2D eigenvalue weighted by molar-refractivity contribution is 6.35. The van der Waals surface area contributed by atoms with Gasteiger partial charge in [-0.05, 0) is 52.4 Å². The van der Waals surface area contributed by atoms with Crippen LogP contribution in [0.15, 0.2) is 83.7 Å². The molecule has 0 aliphatic rings. The minimum atomic E-state index is -0.918. The molecule has 0 saturated heterocycles. The largest absolute Gasteiger partial charge is 0.352 e. The number of anilines is 1. The number of aromatic nitrogens is 5. The summed E-state index contributed by atoms with van der Waals surface area (Å²) in [6, 6.07) is 18.6. The highest BCUT2D eigenvalue weighted by atomic mass is 35.5. The van der Waals surface area contributed by atoms with E-state index in [0.717, 1.165) is 5.56 Å². The van der Waals surface area contributed by atoms with Gasteiger partial charge in [-0.2, -0.15) is 4.68 Å². The number of amides is 2. The molecule has 0 aliphatic carbocycles. The minimum absolute atomic E-state index is 0.209. The molecule has 2 heterocycles. The van der Waals surface area contributed by atoms with E-state index in [-0.39, 0.29) is 12.2 Å². The van der Waals surface area contributed by atoms with E-state index >= 15 is 0 Å². The number of carbonyl (C=O) groups excluding carboxylic acids is 2. The van der Waals surface area contributed by atoms with Crippen LogP contribution in [0, 0.1) is 0 Å². The first kappa shape index (κ1) is 25.1. The Labute approximate surface area is 226 Å². The lowest BCUT2D eigenvalue weighted by molar-refractivity contribution is -0.123. The number of carbonyl (C=O) groups is 2. The molecule has 0 spiro atoms. The smallest absolute Gasteiger partial charge is 0.248 e. The van der Waals surface area contributed by atoms with E-state index in [1.54, 1.807) is 42.5 Å². The molecule has 2 N–H and O–H groups in total. The first-order valence-corrected chi connectivity index (χ1v) is 12.1. The summed E-state index contributed by atoms with van der Waals surface area (Å²) in [6.45, 7) is 0. The molecule has 3 aromatic carbocycles. The van der Waals surface area contributed by atoms with Gasteiger partial charge in [0.05, 0.1) is 16.1 Å². The van der Waals surface area contributed by atoms with Gasteiger partial charge in [0.2, 0.25) is 11.8 Å². The standard InChI is InChI=1S/C26H19Cl2N7O3/c27-18-10-11-22(35-15-29-33-34-35)17(14-18)9-12-23(36)30-21(13-16-5-2-1-3-6-16)26(37)31-25-19-7-4-8-20(28)24(19)38-32-25/h1-12,14-15,21H,13H2,(H,30,36)(H,31,32,37)/b12-9+/t21-/m0/s1. The molecular formula is C26H19Cl2N7O3. The van der Waals surface area contributed by atoms with E-state index in [1.807, 2.05) is 30.3 Å². The molecule has 0 bridgehead atoms. The molecule has 38 heavy (non-hydrogen) atoms. The molecule has 2 aromatic heterocycles. The van der Waals surface area contributed by atoms with Crippen molar-refractivity contribution >= 4 is 57.9 Å². The zero-order valence-electron chi connectivity index (χ0n) is 19.6. The Balaban J connectivity index is 1.37. The van der Waals surface area contributed by atoms with Gasteiger partial charge in [-0.3, -0.25) is 9.59 Å². The fourth-order valence-electron chi connectivity index (χ4n) is 3.81. The van der Waals surface area contributed by atoms with Gasteiger partial charge in [0.1, 0.15) is 12.4 Å². The third-order valence-electron chi connectivity index (χ3n) is 5.61. The molecule has 2 amide bonds. The second-order valence-electron chi connectivity index (χ2n) is 8.18. The second kappa shape index (κ2) is 11.2. The topological polar surface area (TPSA) is 128 Å². The van der Waals surface area contributed by atoms with Gasteiger partial charge in [0.25, 0.3) is 0 Å². The van der Waals surface area contributed by atoms with Crippen LogP contribution in [-0.2, 0) is 16.0 Å². The number of rotatable bonds is 8. The van der Waals surface area contributed by atoms with Gasteiger partial charge < -0.3 is 15.2 Å². The van der Waals surface area contributed by atoms with Gasteiger partial charge in [-0.25, -0.2) is 0 Å². The molecule has 0 aliphatic heterocycles. The number of hydrogen-bond donors (Lipinski definition) is 2. The van der Waals surface area contributed by atoms with Crippen LogP contribution in [0.5, 0.6) is 0 Å². The van der Waals surface area contributed by atoms with E-state index in [4.69, 9.17) is 27.7 Å². The summed E-state index contributed by atoms with van der Waals surface area (Å²) < 4.78 is 6.73. The fraction of sp³-hybridized carbons (Fsp3) is 0.0769. The van der Waals surface area contributed by atoms with Crippen LogP contribution in [0.4, 0.5) is 5.82 Å². The van der Waals surface area contributed by atoms with Crippen molar-refractivity contribution in [3.63, 3.8) is 0 Å². The Kier molecular flexibility index (Phi) is 7.43. The monoisotopic (exact) mass is 547 g/mol. The number of tetrazole rings is 1. The number of nitrogens with zero attached hydrogens (tertiary/aromatic N) is 5. The van der Waals surface area contributed by atoms with Crippen LogP contribution >= 0.6 is 23.2 Å². The van der Waals surface area contributed by atoms with E-state index in [0.29, 0.717) is 32.3 Å². The Hall–Kier alpha value is -4.54. The van der Waals surface area contributed by atoms with Gasteiger partial charge in [0.15, 0.2) is 11.4 Å². The maximum atomic E-state index is 13.3. The number of hydrogen-bond acceptors (Lipinski definition) is 7. The molecule has 5 aromatic rings. The van der Waals surface area contributed by atoms with Crippen LogP contribution in [0.25, 0.3) is 22.7 Å². The molecule has 1 atom stereocenters. The van der Waals surface area contributed by atoms with Crippen LogP contribution in [0.1, 0.15) is 11.1 Å². The summed E-state index contributed by atoms with van der Waals surface area (Å²) in [5, 5.41) is 22.0. The van der Waals surface area contributed by atoms with Crippen molar-refractivity contribution in [2.45, 2.75) is 12.5 Å². The molecular weight excluding hydrogens is 529 g/mol. The SMILES string of the molecule is O=C(/C=C/c1cc(Cl)ccc1-n1cnnn1)N[C@@H](Cc1ccccc1)C(=O)Nc1noc2c(Cl)cccc12.